The number of nitrogens with one attached hydrogen (secondary N) is 1. The van der Waals surface area contributed by atoms with E-state index in [2.05, 4.69) is 60.1 Å². The molecule has 1 amide bonds. The van der Waals surface area contributed by atoms with Crippen LogP contribution >= 0.6 is 61.7 Å². The minimum Gasteiger partial charge on any atom is -0.493 e. The van der Waals surface area contributed by atoms with E-state index >= 15 is 0 Å². The lowest BCUT2D eigenvalue weighted by atomic mass is 10.1. The predicted molar refractivity (Wildman–Crippen MR) is 160 cm³/mol. The first-order valence-electron chi connectivity index (χ1n) is 11.1. The van der Waals surface area contributed by atoms with Gasteiger partial charge in [-0.2, -0.15) is 10.4 Å². The summed E-state index contributed by atoms with van der Waals surface area (Å²) in [7, 11) is 3.04. The SMILES string of the molecule is COCc1c(Br)c(C)nc(OCC(=O)N/N=C\c2cc(I)c(OCc3ccc(Cl)cc3Cl)c(OC)c2)c1C#N. The quantitative estimate of drug-likeness (QED) is 0.141. The molecule has 0 aliphatic heterocycles. The van der Waals surface area contributed by atoms with Crippen molar-refractivity contribution in [3.63, 3.8) is 0 Å². The zero-order valence-electron chi connectivity index (χ0n) is 21.0. The molecule has 0 spiro atoms. The Morgan fingerprint density at radius 3 is 2.67 bits per heavy atom. The number of benzene rings is 2. The maximum absolute atomic E-state index is 12.3. The molecule has 0 saturated heterocycles. The van der Waals surface area contributed by atoms with Gasteiger partial charge in [0.1, 0.15) is 18.2 Å². The van der Waals surface area contributed by atoms with Gasteiger partial charge in [-0.05, 0) is 75.3 Å². The standard InChI is InChI=1S/C26H22BrCl2IN4O5/c1-14-24(27)19(12-36-2)18(9-31)26(33-14)39-13-23(35)34-32-10-15-6-21(30)25(22(7-15)37-3)38-11-16-4-5-17(28)8-20(16)29/h4-8,10H,11-13H2,1-3H3,(H,34,35)/b32-10-. The lowest BCUT2D eigenvalue weighted by Gasteiger charge is -2.14. The first kappa shape index (κ1) is 30.9. The second-order valence-electron chi connectivity index (χ2n) is 7.86. The number of ether oxygens (including phenoxy) is 4. The Kier molecular flexibility index (Phi) is 11.6. The third-order valence-electron chi connectivity index (χ3n) is 5.15. The number of aromatic nitrogens is 1. The van der Waals surface area contributed by atoms with Crippen molar-refractivity contribution in [1.82, 2.24) is 10.4 Å². The summed E-state index contributed by atoms with van der Waals surface area (Å²) in [6, 6.07) is 10.8. The normalized spacial score (nSPS) is 10.8. The van der Waals surface area contributed by atoms with Gasteiger partial charge in [-0.15, -0.1) is 0 Å². The minimum absolute atomic E-state index is 0.0409. The molecule has 0 aliphatic rings. The molecule has 39 heavy (non-hydrogen) atoms. The molecule has 0 radical (unpaired) electrons. The fraction of sp³-hybridized carbons (Fsp3) is 0.231. The number of nitriles is 1. The monoisotopic (exact) mass is 746 g/mol. The van der Waals surface area contributed by atoms with Crippen molar-refractivity contribution in [3.05, 3.63) is 76.4 Å². The highest BCUT2D eigenvalue weighted by atomic mass is 127. The smallest absolute Gasteiger partial charge is 0.278 e. The van der Waals surface area contributed by atoms with E-state index in [4.69, 9.17) is 42.1 Å². The average Bonchev–Trinajstić information content (AvgIpc) is 2.90. The Morgan fingerprint density at radius 1 is 1.23 bits per heavy atom. The Bertz CT molecular complexity index is 1450. The van der Waals surface area contributed by atoms with Gasteiger partial charge in [0, 0.05) is 32.8 Å². The first-order valence-corrected chi connectivity index (χ1v) is 13.8. The second-order valence-corrected chi connectivity index (χ2v) is 10.7. The van der Waals surface area contributed by atoms with Crippen molar-refractivity contribution < 1.29 is 23.7 Å². The predicted octanol–water partition coefficient (Wildman–Crippen LogP) is 6.20. The third kappa shape index (κ3) is 8.18. The number of nitrogens with zero attached hydrogens (tertiary/aromatic N) is 3. The van der Waals surface area contributed by atoms with Gasteiger partial charge in [0.05, 0.1) is 29.2 Å². The molecule has 0 unspecified atom stereocenters. The van der Waals surface area contributed by atoms with Gasteiger partial charge in [-0.3, -0.25) is 4.79 Å². The molecule has 13 heteroatoms. The molecule has 3 rings (SSSR count). The van der Waals surface area contributed by atoms with Crippen LogP contribution in [-0.2, 0) is 22.7 Å². The van der Waals surface area contributed by atoms with Gasteiger partial charge < -0.3 is 18.9 Å². The van der Waals surface area contributed by atoms with E-state index in [9.17, 15) is 10.1 Å². The number of hydrogen-bond acceptors (Lipinski definition) is 8. The number of methoxy groups -OCH3 is 2. The lowest BCUT2D eigenvalue weighted by molar-refractivity contribution is -0.123. The van der Waals surface area contributed by atoms with Gasteiger partial charge in [-0.25, -0.2) is 10.4 Å². The van der Waals surface area contributed by atoms with Crippen LogP contribution < -0.4 is 19.6 Å². The summed E-state index contributed by atoms with van der Waals surface area (Å²) >= 11 is 17.7. The molecule has 3 aromatic rings. The molecular weight excluding hydrogens is 726 g/mol. The molecule has 1 N–H and O–H groups in total. The second kappa shape index (κ2) is 14.7. The van der Waals surface area contributed by atoms with Crippen LogP contribution in [0.5, 0.6) is 17.4 Å². The highest BCUT2D eigenvalue weighted by molar-refractivity contribution is 14.1. The van der Waals surface area contributed by atoms with E-state index in [1.54, 1.807) is 31.2 Å². The van der Waals surface area contributed by atoms with Crippen LogP contribution in [0.15, 0.2) is 39.9 Å². The highest BCUT2D eigenvalue weighted by Crippen LogP contribution is 2.35. The van der Waals surface area contributed by atoms with Crippen molar-refractivity contribution >= 4 is 73.8 Å². The van der Waals surface area contributed by atoms with Gasteiger partial charge in [-0.1, -0.05) is 29.3 Å². The molecule has 1 aromatic heterocycles. The summed E-state index contributed by atoms with van der Waals surface area (Å²) in [5.41, 5.74) is 5.21. The summed E-state index contributed by atoms with van der Waals surface area (Å²) in [5.74, 6) is 0.527. The van der Waals surface area contributed by atoms with E-state index in [1.807, 2.05) is 6.07 Å². The lowest BCUT2D eigenvalue weighted by Crippen LogP contribution is -2.25. The Morgan fingerprint density at radius 2 is 2.00 bits per heavy atom. The molecule has 9 nitrogen and oxygen atoms in total. The molecule has 2 aromatic carbocycles. The van der Waals surface area contributed by atoms with Gasteiger partial charge in [0.2, 0.25) is 5.88 Å². The number of aryl methyl sites for hydroxylation is 1. The van der Waals surface area contributed by atoms with Crippen LogP contribution in [-0.4, -0.2) is 37.9 Å². The van der Waals surface area contributed by atoms with Crippen LogP contribution in [0.3, 0.4) is 0 Å². The van der Waals surface area contributed by atoms with Crippen molar-refractivity contribution in [2.24, 2.45) is 5.10 Å². The van der Waals surface area contributed by atoms with Crippen LogP contribution in [0.2, 0.25) is 10.0 Å². The summed E-state index contributed by atoms with van der Waals surface area (Å²) in [6.07, 6.45) is 1.46. The van der Waals surface area contributed by atoms with E-state index < -0.39 is 12.5 Å². The molecule has 1 heterocycles. The van der Waals surface area contributed by atoms with E-state index in [1.165, 1.54) is 20.4 Å². The first-order chi connectivity index (χ1) is 18.7. The maximum atomic E-state index is 12.3. The maximum Gasteiger partial charge on any atom is 0.278 e. The van der Waals surface area contributed by atoms with E-state index in [-0.39, 0.29) is 24.7 Å². The summed E-state index contributed by atoms with van der Waals surface area (Å²) in [4.78, 5) is 16.6. The average molecular weight is 748 g/mol. The Balaban J connectivity index is 1.64. The summed E-state index contributed by atoms with van der Waals surface area (Å²) in [5, 5.41) is 14.6. The van der Waals surface area contributed by atoms with E-state index in [0.29, 0.717) is 42.8 Å². The molecule has 0 fully saturated rings. The van der Waals surface area contributed by atoms with Crippen LogP contribution in [0.25, 0.3) is 0 Å². The number of hydrogen-bond donors (Lipinski definition) is 1. The number of pyridine rings is 1. The number of amides is 1. The molecule has 0 aliphatic carbocycles. The zero-order chi connectivity index (χ0) is 28.5. The number of carbonyl (C=O) groups is 1. The van der Waals surface area contributed by atoms with Crippen molar-refractivity contribution in [2.75, 3.05) is 20.8 Å². The molecule has 0 saturated carbocycles. The molecular formula is C26H22BrCl2IN4O5. The van der Waals surface area contributed by atoms with Crippen molar-refractivity contribution in [2.45, 2.75) is 20.1 Å². The van der Waals surface area contributed by atoms with E-state index in [0.717, 1.165) is 9.13 Å². The number of carbonyl (C=O) groups excluding carboxylic acids is 1. The van der Waals surface area contributed by atoms with Crippen molar-refractivity contribution in [1.29, 1.82) is 5.26 Å². The Labute approximate surface area is 257 Å². The van der Waals surface area contributed by atoms with Crippen molar-refractivity contribution in [3.8, 4) is 23.4 Å². The topological polar surface area (TPSA) is 115 Å². The minimum atomic E-state index is -0.535. The van der Waals surface area contributed by atoms with Gasteiger partial charge >= 0.3 is 0 Å². The number of hydrazone groups is 1. The molecule has 0 bridgehead atoms. The number of halogens is 4. The largest absolute Gasteiger partial charge is 0.493 e. The summed E-state index contributed by atoms with van der Waals surface area (Å²) in [6.45, 7) is 1.76. The van der Waals surface area contributed by atoms with Crippen LogP contribution in [0, 0.1) is 21.8 Å². The molecule has 204 valence electrons. The fourth-order valence-corrected chi connectivity index (χ4v) is 4.95. The number of rotatable bonds is 11. The summed E-state index contributed by atoms with van der Waals surface area (Å²) < 4.78 is 23.5. The third-order valence-corrected chi connectivity index (χ3v) is 7.59. The van der Waals surface area contributed by atoms with Crippen LogP contribution in [0.1, 0.15) is 27.9 Å². The fourth-order valence-electron chi connectivity index (χ4n) is 3.30. The highest BCUT2D eigenvalue weighted by Gasteiger charge is 2.18. The zero-order valence-corrected chi connectivity index (χ0v) is 26.2. The Hall–Kier alpha value is -2.63. The molecule has 0 atom stereocenters. The van der Waals surface area contributed by atoms with Gasteiger partial charge in [0.25, 0.3) is 5.91 Å². The van der Waals surface area contributed by atoms with Crippen LogP contribution in [0.4, 0.5) is 0 Å². The van der Waals surface area contributed by atoms with Gasteiger partial charge in [0.15, 0.2) is 18.1 Å².